The van der Waals surface area contributed by atoms with Gasteiger partial charge in [-0.1, -0.05) is 0 Å². The van der Waals surface area contributed by atoms with Gasteiger partial charge in [0.25, 0.3) is 21.2 Å². The predicted molar refractivity (Wildman–Crippen MR) is 104 cm³/mol. The molecule has 38 heavy (non-hydrogen) atoms. The molecule has 23 heteroatoms. The van der Waals surface area contributed by atoms with Crippen molar-refractivity contribution in [2.24, 2.45) is 0 Å². The number of hydrogen-bond acceptors (Lipinski definition) is 17. The molecule has 1 aromatic heterocycles. The molecular weight excluding hydrogens is 588 g/mol. The third-order valence-electron chi connectivity index (χ3n) is 5.14. The zero-order valence-electron chi connectivity index (χ0n) is 19.8. The van der Waals surface area contributed by atoms with Crippen LogP contribution < -0.4 is 80.2 Å². The summed E-state index contributed by atoms with van der Waals surface area (Å²) in [5, 5.41) is 58.4. The van der Waals surface area contributed by atoms with Crippen molar-refractivity contribution < 1.29 is 132 Å². The first-order valence-corrected chi connectivity index (χ1v) is 12.9. The topological polar surface area (TPSA) is 303 Å². The molecule has 0 amide bonds. The maximum absolute atomic E-state index is 12.0. The van der Waals surface area contributed by atoms with Gasteiger partial charge in [-0.15, -0.1) is 0 Å². The van der Waals surface area contributed by atoms with E-state index in [1.54, 1.807) is 0 Å². The molecular formula is C15H22N2Na2O17P2. The molecule has 3 rings (SSSR count). The molecule has 11 atom stereocenters. The Kier molecular flexibility index (Phi) is 14.2. The third-order valence-corrected chi connectivity index (χ3v) is 7.67. The Labute approximate surface area is 256 Å². The maximum atomic E-state index is 12.0. The summed E-state index contributed by atoms with van der Waals surface area (Å²) in [6, 6.07) is 0.911. The number of phosphoric ester groups is 2. The van der Waals surface area contributed by atoms with Gasteiger partial charge in [-0.2, -0.15) is 0 Å². The van der Waals surface area contributed by atoms with Gasteiger partial charge in [-0.05, 0) is 0 Å². The van der Waals surface area contributed by atoms with Gasteiger partial charge in [0, 0.05) is 12.3 Å². The molecule has 2 fully saturated rings. The van der Waals surface area contributed by atoms with E-state index < -0.39 is 95.4 Å². The van der Waals surface area contributed by atoms with Gasteiger partial charge < -0.3 is 54.4 Å². The Bertz CT molecular complexity index is 1140. The van der Waals surface area contributed by atoms with Crippen LogP contribution in [0.15, 0.2) is 21.9 Å². The van der Waals surface area contributed by atoms with Crippen LogP contribution in [0.1, 0.15) is 6.23 Å². The fourth-order valence-corrected chi connectivity index (χ4v) is 5.42. The predicted octanol–water partition coefficient (Wildman–Crippen LogP) is -12.0. The monoisotopic (exact) mass is 610 g/mol. The van der Waals surface area contributed by atoms with E-state index in [4.69, 9.17) is 14.6 Å². The second kappa shape index (κ2) is 14.7. The zero-order chi connectivity index (χ0) is 27.0. The molecule has 0 aromatic carbocycles. The van der Waals surface area contributed by atoms with Crippen molar-refractivity contribution in [3.05, 3.63) is 33.1 Å². The second-order valence-electron chi connectivity index (χ2n) is 7.64. The van der Waals surface area contributed by atoms with Gasteiger partial charge in [0.05, 0.1) is 13.2 Å². The molecule has 2 saturated heterocycles. The molecule has 206 valence electrons. The van der Waals surface area contributed by atoms with Gasteiger partial charge in [-0.25, -0.2) is 9.11 Å². The van der Waals surface area contributed by atoms with Crippen LogP contribution in [-0.4, -0.2) is 102 Å². The number of hydrogen-bond donors (Lipinski definition) is 7. The first kappa shape index (κ1) is 36.6. The van der Waals surface area contributed by atoms with Crippen molar-refractivity contribution in [2.45, 2.75) is 55.2 Å². The van der Waals surface area contributed by atoms with Gasteiger partial charge in [-0.3, -0.25) is 28.0 Å². The summed E-state index contributed by atoms with van der Waals surface area (Å²) in [6.45, 7) is -2.05. The SMILES string of the molecule is O=c1ccn([C@@H]2O[C@H](COP(=O)([O-])OP(=O)([O-])OC3O[C@H](CO)[C@H](O)[C@H](O)[C@H]3O)[C@@H](O)[C@H]2O)c(=O)[nH]1.[Na+].[Na+]. The number of rotatable bonds is 9. The van der Waals surface area contributed by atoms with E-state index in [9.17, 15) is 54.0 Å². The zero-order valence-corrected chi connectivity index (χ0v) is 25.6. The molecule has 1 aromatic rings. The first-order chi connectivity index (χ1) is 16.7. The molecule has 0 aliphatic carbocycles. The number of ether oxygens (including phenoxy) is 2. The van der Waals surface area contributed by atoms with Crippen LogP contribution in [0.2, 0.25) is 0 Å². The number of phosphoric acid groups is 2. The van der Waals surface area contributed by atoms with E-state index in [2.05, 4.69) is 13.4 Å². The van der Waals surface area contributed by atoms with Crippen LogP contribution in [0.5, 0.6) is 0 Å². The van der Waals surface area contributed by atoms with Crippen LogP contribution in [0, 0.1) is 0 Å². The minimum Gasteiger partial charge on any atom is -0.756 e. The Morgan fingerprint density at radius 1 is 0.921 bits per heavy atom. The Morgan fingerprint density at radius 2 is 1.53 bits per heavy atom. The molecule has 0 bridgehead atoms. The Morgan fingerprint density at radius 3 is 2.11 bits per heavy atom. The summed E-state index contributed by atoms with van der Waals surface area (Å²) in [6.07, 6.45) is -15.8. The van der Waals surface area contributed by atoms with Crippen molar-refractivity contribution in [2.75, 3.05) is 13.2 Å². The third kappa shape index (κ3) is 8.81. The van der Waals surface area contributed by atoms with Gasteiger partial charge in [0.1, 0.15) is 42.7 Å². The van der Waals surface area contributed by atoms with Crippen molar-refractivity contribution >= 4 is 15.6 Å². The molecule has 3 unspecified atom stereocenters. The second-order valence-corrected chi connectivity index (χ2v) is 10.5. The minimum atomic E-state index is -5.90. The minimum absolute atomic E-state index is 0. The van der Waals surface area contributed by atoms with Crippen LogP contribution in [0.3, 0.4) is 0 Å². The van der Waals surface area contributed by atoms with Crippen molar-refractivity contribution in [1.82, 2.24) is 9.55 Å². The van der Waals surface area contributed by atoms with Crippen LogP contribution >= 0.6 is 15.6 Å². The molecule has 3 heterocycles. The summed E-state index contributed by atoms with van der Waals surface area (Å²) in [5.41, 5.74) is -1.78. The number of nitrogens with zero attached hydrogens (tertiary/aromatic N) is 1. The molecule has 0 spiro atoms. The fraction of sp³-hybridized carbons (Fsp3) is 0.733. The number of aromatic amines is 1. The van der Waals surface area contributed by atoms with E-state index in [1.807, 2.05) is 4.98 Å². The van der Waals surface area contributed by atoms with Crippen LogP contribution in [0.4, 0.5) is 0 Å². The molecule has 19 nitrogen and oxygen atoms in total. The number of aliphatic hydroxyl groups is 6. The smallest absolute Gasteiger partial charge is 0.756 e. The van der Waals surface area contributed by atoms with Crippen molar-refractivity contribution in [3.63, 3.8) is 0 Å². The standard InChI is InChI=1S/C15H24N2O17P2.2Na/c18-3-5-8(20)10(22)12(24)14(32-5)33-36(28,29)34-35(26,27)30-4-6-9(21)11(23)13(31-6)17-2-1-7(19)16-15(17)25;;/h1-2,5-6,8-14,18,20-24H,3-4H2,(H,26,27)(H,28,29)(H,16,19,25);;/q;2*+1/p-2/t5-,6-,8+,9-,10+,11-,12-,13-,14?;;/m1../s1. The maximum Gasteiger partial charge on any atom is 1.00 e. The van der Waals surface area contributed by atoms with Crippen LogP contribution in [-0.2, 0) is 32.0 Å². The fourth-order valence-electron chi connectivity index (χ4n) is 3.34. The summed E-state index contributed by atoms with van der Waals surface area (Å²) >= 11 is 0. The Balaban J connectivity index is 0.00000361. The average molecular weight is 610 g/mol. The van der Waals surface area contributed by atoms with E-state index in [1.165, 1.54) is 0 Å². The first-order valence-electron chi connectivity index (χ1n) is 9.96. The molecule has 2 aliphatic rings. The molecule has 2 aliphatic heterocycles. The molecule has 0 saturated carbocycles. The quantitative estimate of drug-likeness (QED) is 0.101. The van der Waals surface area contributed by atoms with E-state index in [0.29, 0.717) is 4.57 Å². The Hall–Kier alpha value is 0.620. The van der Waals surface area contributed by atoms with Gasteiger partial charge >= 0.3 is 64.8 Å². The van der Waals surface area contributed by atoms with Crippen molar-refractivity contribution in [3.8, 4) is 0 Å². The van der Waals surface area contributed by atoms with Crippen molar-refractivity contribution in [1.29, 1.82) is 0 Å². The number of aromatic nitrogens is 2. The van der Waals surface area contributed by atoms with E-state index in [0.717, 1.165) is 12.3 Å². The van der Waals surface area contributed by atoms with E-state index in [-0.39, 0.29) is 59.1 Å². The van der Waals surface area contributed by atoms with Crippen LogP contribution in [0.25, 0.3) is 0 Å². The summed E-state index contributed by atoms with van der Waals surface area (Å²) in [4.78, 5) is 48.9. The largest absolute Gasteiger partial charge is 1.00 e. The molecule has 7 N–H and O–H groups in total. The van der Waals surface area contributed by atoms with Gasteiger partial charge in [0.2, 0.25) is 0 Å². The van der Waals surface area contributed by atoms with Gasteiger partial charge in [0.15, 0.2) is 12.5 Å². The normalized spacial score (nSPS) is 36.4. The number of H-pyrrole nitrogens is 1. The van der Waals surface area contributed by atoms with E-state index >= 15 is 0 Å². The molecule has 0 radical (unpaired) electrons. The summed E-state index contributed by atoms with van der Waals surface area (Å²) in [7, 11) is -11.7. The number of aliphatic hydroxyl groups excluding tert-OH is 6. The summed E-state index contributed by atoms with van der Waals surface area (Å²) in [5.74, 6) is 0. The summed E-state index contributed by atoms with van der Waals surface area (Å²) < 4.78 is 47.1. The average Bonchev–Trinajstić information content (AvgIpc) is 3.06. The number of nitrogens with one attached hydrogen (secondary N) is 1.